The number of rotatable bonds is 6. The first-order valence-corrected chi connectivity index (χ1v) is 10.6. The summed E-state index contributed by atoms with van der Waals surface area (Å²) in [4.78, 5) is 36.7. The molecule has 3 unspecified atom stereocenters. The molecule has 0 radical (unpaired) electrons. The van der Waals surface area contributed by atoms with Crippen molar-refractivity contribution in [1.82, 2.24) is 16.0 Å². The van der Waals surface area contributed by atoms with Gasteiger partial charge >= 0.3 is 6.18 Å². The number of nitrogens with two attached hydrogens (primary N) is 1. The number of amides is 3. The molecular formula is C20H19F4N5O3S. The van der Waals surface area contributed by atoms with Gasteiger partial charge in [-0.2, -0.15) is 13.2 Å². The van der Waals surface area contributed by atoms with E-state index < -0.39 is 53.0 Å². The summed E-state index contributed by atoms with van der Waals surface area (Å²) in [6.07, 6.45) is -5.58. The van der Waals surface area contributed by atoms with E-state index in [2.05, 4.69) is 21.3 Å². The molecule has 176 valence electrons. The molecule has 2 aromatic carbocycles. The Kier molecular flexibility index (Phi) is 7.56. The highest BCUT2D eigenvalue weighted by atomic mass is 32.2. The minimum atomic E-state index is -4.54. The summed E-state index contributed by atoms with van der Waals surface area (Å²) in [5.41, 5.74) is 3.93. The van der Waals surface area contributed by atoms with E-state index in [1.807, 2.05) is 0 Å². The van der Waals surface area contributed by atoms with Gasteiger partial charge in [0.1, 0.15) is 17.4 Å². The number of thioether (sulfide) groups is 1. The predicted octanol–water partition coefficient (Wildman–Crippen LogP) is 1.60. The van der Waals surface area contributed by atoms with Crippen LogP contribution in [0.25, 0.3) is 0 Å². The minimum Gasteiger partial charge on any atom is -0.338 e. The first-order chi connectivity index (χ1) is 15.5. The fourth-order valence-electron chi connectivity index (χ4n) is 2.93. The number of anilines is 1. The maximum absolute atomic E-state index is 13.8. The van der Waals surface area contributed by atoms with Gasteiger partial charge in [-0.05, 0) is 30.3 Å². The van der Waals surface area contributed by atoms with E-state index in [0.717, 1.165) is 30.0 Å². The highest BCUT2D eigenvalue weighted by molar-refractivity contribution is 8.00. The zero-order valence-electron chi connectivity index (χ0n) is 16.8. The average molecular weight is 485 g/mol. The molecule has 33 heavy (non-hydrogen) atoms. The molecule has 3 rings (SSSR count). The summed E-state index contributed by atoms with van der Waals surface area (Å²) in [6, 6.07) is 8.22. The van der Waals surface area contributed by atoms with Crippen LogP contribution in [0.2, 0.25) is 0 Å². The van der Waals surface area contributed by atoms with Crippen molar-refractivity contribution in [2.75, 3.05) is 11.1 Å². The van der Waals surface area contributed by atoms with Gasteiger partial charge in [-0.3, -0.25) is 19.7 Å². The van der Waals surface area contributed by atoms with E-state index in [0.29, 0.717) is 0 Å². The van der Waals surface area contributed by atoms with Gasteiger partial charge in [-0.15, -0.1) is 11.8 Å². The molecule has 0 aliphatic carbocycles. The van der Waals surface area contributed by atoms with Gasteiger partial charge in [0.2, 0.25) is 11.8 Å². The number of hydrogen-bond donors (Lipinski definition) is 5. The number of nitrogens with one attached hydrogen (secondary N) is 4. The lowest BCUT2D eigenvalue weighted by Gasteiger charge is -2.35. The molecule has 0 aromatic heterocycles. The largest absolute Gasteiger partial charge is 0.416 e. The Hall–Kier alpha value is -3.16. The van der Waals surface area contributed by atoms with Crippen molar-refractivity contribution >= 4 is 35.2 Å². The summed E-state index contributed by atoms with van der Waals surface area (Å²) in [6.45, 7) is 0. The smallest absolute Gasteiger partial charge is 0.338 e. The molecule has 3 amide bonds. The van der Waals surface area contributed by atoms with Gasteiger partial charge in [0.05, 0.1) is 23.0 Å². The summed E-state index contributed by atoms with van der Waals surface area (Å²) in [5, 5.41) is 10.0. The van der Waals surface area contributed by atoms with Gasteiger partial charge in [-0.1, -0.05) is 18.2 Å². The molecule has 1 heterocycles. The Bertz CT molecular complexity index is 1050. The summed E-state index contributed by atoms with van der Waals surface area (Å²) < 4.78 is 52.1. The molecular weight excluding hydrogens is 466 g/mol. The summed E-state index contributed by atoms with van der Waals surface area (Å²) in [7, 11) is 0. The van der Waals surface area contributed by atoms with Crippen LogP contribution in [0.15, 0.2) is 48.5 Å². The Morgan fingerprint density at radius 3 is 2.52 bits per heavy atom. The van der Waals surface area contributed by atoms with Gasteiger partial charge in [0.15, 0.2) is 0 Å². The van der Waals surface area contributed by atoms with Crippen molar-refractivity contribution in [2.45, 2.75) is 23.9 Å². The van der Waals surface area contributed by atoms with Crippen LogP contribution in [0.3, 0.4) is 0 Å². The van der Waals surface area contributed by atoms with Crippen molar-refractivity contribution in [3.05, 3.63) is 65.5 Å². The van der Waals surface area contributed by atoms with Crippen LogP contribution in [-0.4, -0.2) is 41.2 Å². The number of alkyl halides is 3. The third-order valence-electron chi connectivity index (χ3n) is 4.52. The fourth-order valence-corrected chi connectivity index (χ4v) is 3.78. The number of carbonyl (C=O) groups excluding carboxylic acids is 3. The zero-order valence-corrected chi connectivity index (χ0v) is 17.6. The maximum Gasteiger partial charge on any atom is 0.416 e. The Balaban J connectivity index is 1.51. The van der Waals surface area contributed by atoms with E-state index in [-0.39, 0.29) is 17.0 Å². The monoisotopic (exact) mass is 485 g/mol. The van der Waals surface area contributed by atoms with Crippen LogP contribution in [0.1, 0.15) is 15.9 Å². The maximum atomic E-state index is 13.8. The molecule has 1 saturated heterocycles. The van der Waals surface area contributed by atoms with Gasteiger partial charge in [0, 0.05) is 5.69 Å². The lowest BCUT2D eigenvalue weighted by atomic mass is 10.1. The SMILES string of the molecule is NC1NC(SCC(=O)Nc2cccc(C(F)(F)F)c2)NC(=O)C1NC(=O)c1ccccc1F. The van der Waals surface area contributed by atoms with Crippen molar-refractivity contribution in [1.29, 1.82) is 0 Å². The normalized spacial score (nSPS) is 20.6. The topological polar surface area (TPSA) is 125 Å². The highest BCUT2D eigenvalue weighted by Crippen LogP contribution is 2.30. The molecule has 6 N–H and O–H groups in total. The Morgan fingerprint density at radius 2 is 1.85 bits per heavy atom. The van der Waals surface area contributed by atoms with Gasteiger partial charge < -0.3 is 21.7 Å². The van der Waals surface area contributed by atoms with E-state index in [1.54, 1.807) is 0 Å². The second-order valence-corrected chi connectivity index (χ2v) is 8.04. The molecule has 0 saturated carbocycles. The Labute approximate surface area is 189 Å². The molecule has 3 atom stereocenters. The minimum absolute atomic E-state index is 0.0244. The predicted molar refractivity (Wildman–Crippen MR) is 113 cm³/mol. The molecule has 0 bridgehead atoms. The van der Waals surface area contributed by atoms with Crippen molar-refractivity contribution < 1.29 is 31.9 Å². The zero-order chi connectivity index (χ0) is 24.2. The second kappa shape index (κ2) is 10.2. The third kappa shape index (κ3) is 6.43. The van der Waals surface area contributed by atoms with Crippen LogP contribution in [-0.2, 0) is 15.8 Å². The van der Waals surface area contributed by atoms with E-state index in [1.165, 1.54) is 30.3 Å². The van der Waals surface area contributed by atoms with Crippen molar-refractivity contribution in [3.8, 4) is 0 Å². The van der Waals surface area contributed by atoms with Crippen LogP contribution >= 0.6 is 11.8 Å². The van der Waals surface area contributed by atoms with Crippen molar-refractivity contribution in [2.24, 2.45) is 5.73 Å². The van der Waals surface area contributed by atoms with E-state index in [4.69, 9.17) is 5.73 Å². The van der Waals surface area contributed by atoms with Crippen LogP contribution < -0.4 is 27.0 Å². The van der Waals surface area contributed by atoms with Gasteiger partial charge in [0.25, 0.3) is 5.91 Å². The molecule has 1 aliphatic heterocycles. The van der Waals surface area contributed by atoms with Crippen LogP contribution in [0, 0.1) is 5.82 Å². The molecule has 2 aromatic rings. The van der Waals surface area contributed by atoms with E-state index >= 15 is 0 Å². The van der Waals surface area contributed by atoms with Crippen molar-refractivity contribution in [3.63, 3.8) is 0 Å². The van der Waals surface area contributed by atoms with Gasteiger partial charge in [-0.25, -0.2) is 4.39 Å². The van der Waals surface area contributed by atoms with E-state index in [9.17, 15) is 31.9 Å². The molecule has 8 nitrogen and oxygen atoms in total. The molecule has 1 aliphatic rings. The van der Waals surface area contributed by atoms with Crippen LogP contribution in [0.4, 0.5) is 23.2 Å². The highest BCUT2D eigenvalue weighted by Gasteiger charge is 2.36. The molecule has 1 fully saturated rings. The number of hydrogen-bond acceptors (Lipinski definition) is 6. The summed E-state index contributed by atoms with van der Waals surface area (Å²) in [5.74, 6) is -3.04. The number of halogens is 4. The first-order valence-electron chi connectivity index (χ1n) is 9.50. The van der Waals surface area contributed by atoms with Crippen LogP contribution in [0.5, 0.6) is 0 Å². The fraction of sp³-hybridized carbons (Fsp3) is 0.250. The Morgan fingerprint density at radius 1 is 1.12 bits per heavy atom. The molecule has 13 heteroatoms. The number of benzene rings is 2. The second-order valence-electron chi connectivity index (χ2n) is 6.95. The lowest BCUT2D eigenvalue weighted by Crippen LogP contribution is -2.70. The quantitative estimate of drug-likeness (QED) is 0.396. The standard InChI is InChI=1S/C20H19F4N5O3S/c21-13-7-2-1-6-12(13)17(31)27-15-16(25)28-19(29-18(15)32)33-9-14(30)26-11-5-3-4-10(8-11)20(22,23)24/h1-8,15-16,19,28H,9,25H2,(H,26,30)(H,27,31)(H,29,32). The third-order valence-corrected chi connectivity index (χ3v) is 5.53. The first kappa shape index (κ1) is 24.5. The summed E-state index contributed by atoms with van der Waals surface area (Å²) >= 11 is 0.932. The molecule has 0 spiro atoms. The lowest BCUT2D eigenvalue weighted by molar-refractivity contribution is -0.137. The number of carbonyl (C=O) groups is 3. The average Bonchev–Trinajstić information content (AvgIpc) is 2.74.